The van der Waals surface area contributed by atoms with Crippen LogP contribution in [0.25, 0.3) is 0 Å². The van der Waals surface area contributed by atoms with Crippen LogP contribution in [0, 0.1) is 0 Å². The quantitative estimate of drug-likeness (QED) is 0.717. The number of rotatable bonds is 8. The number of alkyl carbamates (subject to hydrolysis) is 1. The molecule has 0 aromatic heterocycles. The predicted octanol–water partition coefficient (Wildman–Crippen LogP) is 2.60. The summed E-state index contributed by atoms with van der Waals surface area (Å²) in [7, 11) is 0. The molecule has 1 atom stereocenters. The Bertz CT molecular complexity index is 419. The molecule has 0 aliphatic heterocycles. The van der Waals surface area contributed by atoms with Crippen LogP contribution in [0.15, 0.2) is 30.3 Å². The fraction of sp³-hybridized carbons (Fsp3) is 0.467. The summed E-state index contributed by atoms with van der Waals surface area (Å²) in [5, 5.41) is 11.4. The van der Waals surface area contributed by atoms with Crippen LogP contribution >= 0.6 is 0 Å². The van der Waals surface area contributed by atoms with E-state index in [4.69, 9.17) is 5.11 Å². The number of hydrogen-bond donors (Lipinski definition) is 2. The molecule has 0 fully saturated rings. The highest BCUT2D eigenvalue weighted by Gasteiger charge is 2.19. The van der Waals surface area contributed by atoms with Crippen LogP contribution in [0.5, 0.6) is 0 Å². The van der Waals surface area contributed by atoms with Gasteiger partial charge in [-0.05, 0) is 31.7 Å². The SMILES string of the molecule is CCOC(=O)N[C@@H](CCCCc1ccccc1)C(=O)O. The molecule has 110 valence electrons. The van der Waals surface area contributed by atoms with Gasteiger partial charge in [0, 0.05) is 0 Å². The average molecular weight is 279 g/mol. The molecule has 5 heteroatoms. The monoisotopic (exact) mass is 279 g/mol. The van der Waals surface area contributed by atoms with Crippen molar-refractivity contribution >= 4 is 12.1 Å². The number of ether oxygens (including phenoxy) is 1. The Labute approximate surface area is 118 Å². The molecule has 0 radical (unpaired) electrons. The van der Waals surface area contributed by atoms with Gasteiger partial charge in [-0.25, -0.2) is 9.59 Å². The number of unbranched alkanes of at least 4 members (excludes halogenated alkanes) is 1. The van der Waals surface area contributed by atoms with E-state index in [2.05, 4.69) is 10.1 Å². The topological polar surface area (TPSA) is 75.6 Å². The Morgan fingerprint density at radius 1 is 1.25 bits per heavy atom. The summed E-state index contributed by atoms with van der Waals surface area (Å²) < 4.78 is 4.68. The Kier molecular flexibility index (Phi) is 7.17. The summed E-state index contributed by atoms with van der Waals surface area (Å²) in [5.41, 5.74) is 1.23. The largest absolute Gasteiger partial charge is 0.480 e. The van der Waals surface area contributed by atoms with E-state index in [1.165, 1.54) is 5.56 Å². The lowest BCUT2D eigenvalue weighted by atomic mass is 10.0. The van der Waals surface area contributed by atoms with Crippen molar-refractivity contribution in [3.63, 3.8) is 0 Å². The van der Waals surface area contributed by atoms with Gasteiger partial charge in [0.1, 0.15) is 6.04 Å². The van der Waals surface area contributed by atoms with Gasteiger partial charge in [0.15, 0.2) is 0 Å². The molecular weight excluding hydrogens is 258 g/mol. The van der Waals surface area contributed by atoms with E-state index in [1.807, 2.05) is 30.3 Å². The number of hydrogen-bond acceptors (Lipinski definition) is 3. The zero-order valence-electron chi connectivity index (χ0n) is 11.7. The maximum absolute atomic E-state index is 11.2. The Balaban J connectivity index is 2.29. The van der Waals surface area contributed by atoms with Crippen molar-refractivity contribution in [3.8, 4) is 0 Å². The predicted molar refractivity (Wildman–Crippen MR) is 75.6 cm³/mol. The van der Waals surface area contributed by atoms with Crippen LogP contribution < -0.4 is 5.32 Å². The number of amides is 1. The van der Waals surface area contributed by atoms with E-state index < -0.39 is 18.1 Å². The van der Waals surface area contributed by atoms with Crippen molar-refractivity contribution < 1.29 is 19.4 Å². The first-order valence-corrected chi connectivity index (χ1v) is 6.83. The minimum Gasteiger partial charge on any atom is -0.480 e. The van der Waals surface area contributed by atoms with Gasteiger partial charge in [-0.15, -0.1) is 0 Å². The molecule has 0 unspecified atom stereocenters. The highest BCUT2D eigenvalue weighted by Crippen LogP contribution is 2.08. The van der Waals surface area contributed by atoms with Crippen molar-refractivity contribution in [2.24, 2.45) is 0 Å². The number of carboxylic acids is 1. The first kappa shape index (κ1) is 16.0. The van der Waals surface area contributed by atoms with Gasteiger partial charge < -0.3 is 15.2 Å². The Morgan fingerprint density at radius 3 is 2.55 bits per heavy atom. The highest BCUT2D eigenvalue weighted by atomic mass is 16.5. The van der Waals surface area contributed by atoms with Crippen molar-refractivity contribution in [1.82, 2.24) is 5.32 Å². The van der Waals surface area contributed by atoms with Crippen LogP contribution in [0.4, 0.5) is 4.79 Å². The van der Waals surface area contributed by atoms with Crippen LogP contribution in [0.2, 0.25) is 0 Å². The molecule has 0 bridgehead atoms. The zero-order valence-corrected chi connectivity index (χ0v) is 11.7. The summed E-state index contributed by atoms with van der Waals surface area (Å²) in [6, 6.07) is 9.14. The second-order valence-electron chi connectivity index (χ2n) is 4.49. The summed E-state index contributed by atoms with van der Waals surface area (Å²) in [6.07, 6.45) is 2.26. The summed E-state index contributed by atoms with van der Waals surface area (Å²) >= 11 is 0. The van der Waals surface area contributed by atoms with Crippen LogP contribution in [-0.4, -0.2) is 29.8 Å². The summed E-state index contributed by atoms with van der Waals surface area (Å²) in [6.45, 7) is 1.90. The Hall–Kier alpha value is -2.04. The lowest BCUT2D eigenvalue weighted by Crippen LogP contribution is -2.41. The number of nitrogens with one attached hydrogen (secondary N) is 1. The number of aryl methyl sites for hydroxylation is 1. The first-order chi connectivity index (χ1) is 9.63. The molecule has 20 heavy (non-hydrogen) atoms. The average Bonchev–Trinajstić information content (AvgIpc) is 2.43. The van der Waals surface area contributed by atoms with E-state index >= 15 is 0 Å². The minimum absolute atomic E-state index is 0.228. The lowest BCUT2D eigenvalue weighted by molar-refractivity contribution is -0.139. The maximum Gasteiger partial charge on any atom is 0.407 e. The molecule has 1 rings (SSSR count). The van der Waals surface area contributed by atoms with Crippen molar-refractivity contribution in [2.75, 3.05) is 6.61 Å². The molecule has 0 heterocycles. The van der Waals surface area contributed by atoms with E-state index in [0.717, 1.165) is 19.3 Å². The number of carboxylic acid groups (broad SMARTS) is 1. The first-order valence-electron chi connectivity index (χ1n) is 6.83. The highest BCUT2D eigenvalue weighted by molar-refractivity contribution is 5.79. The normalized spacial score (nSPS) is 11.7. The van der Waals surface area contributed by atoms with Gasteiger partial charge in [0.05, 0.1) is 6.61 Å². The van der Waals surface area contributed by atoms with Crippen LogP contribution in [0.3, 0.4) is 0 Å². The number of benzene rings is 1. The molecule has 0 aliphatic carbocycles. The van der Waals surface area contributed by atoms with Crippen molar-refractivity contribution in [3.05, 3.63) is 35.9 Å². The Morgan fingerprint density at radius 2 is 1.95 bits per heavy atom. The zero-order chi connectivity index (χ0) is 14.8. The van der Waals surface area contributed by atoms with Gasteiger partial charge in [0.25, 0.3) is 0 Å². The number of carbonyl (C=O) groups excluding carboxylic acids is 1. The lowest BCUT2D eigenvalue weighted by Gasteiger charge is -2.13. The molecule has 0 aliphatic rings. The van der Waals surface area contributed by atoms with Gasteiger partial charge in [-0.1, -0.05) is 36.8 Å². The number of carbonyl (C=O) groups is 2. The molecule has 0 saturated heterocycles. The second kappa shape index (κ2) is 8.96. The summed E-state index contributed by atoms with van der Waals surface area (Å²) in [5.74, 6) is -1.03. The third kappa shape index (κ3) is 6.22. The van der Waals surface area contributed by atoms with E-state index in [9.17, 15) is 9.59 Å². The van der Waals surface area contributed by atoms with Crippen molar-refractivity contribution in [1.29, 1.82) is 0 Å². The molecule has 2 N–H and O–H groups in total. The standard InChI is InChI=1S/C15H21NO4/c1-2-20-15(19)16-13(14(17)18)11-7-6-10-12-8-4-3-5-9-12/h3-5,8-9,13H,2,6-7,10-11H2,1H3,(H,16,19)(H,17,18)/t13-/m0/s1. The molecule has 1 aromatic rings. The molecule has 0 spiro atoms. The fourth-order valence-corrected chi connectivity index (χ4v) is 1.89. The minimum atomic E-state index is -1.03. The molecule has 1 amide bonds. The van der Waals surface area contributed by atoms with Crippen LogP contribution in [-0.2, 0) is 16.0 Å². The fourth-order valence-electron chi connectivity index (χ4n) is 1.89. The van der Waals surface area contributed by atoms with Crippen molar-refractivity contribution in [2.45, 2.75) is 38.6 Å². The smallest absolute Gasteiger partial charge is 0.407 e. The molecule has 5 nitrogen and oxygen atoms in total. The van der Waals surface area contributed by atoms with E-state index in [-0.39, 0.29) is 6.61 Å². The third-order valence-corrected chi connectivity index (χ3v) is 2.92. The molecule has 1 aromatic carbocycles. The van der Waals surface area contributed by atoms with Gasteiger partial charge in [0.2, 0.25) is 0 Å². The molecular formula is C15H21NO4. The van der Waals surface area contributed by atoms with E-state index in [1.54, 1.807) is 6.92 Å². The van der Waals surface area contributed by atoms with Crippen LogP contribution in [0.1, 0.15) is 31.7 Å². The van der Waals surface area contributed by atoms with Gasteiger partial charge in [-0.2, -0.15) is 0 Å². The van der Waals surface area contributed by atoms with Gasteiger partial charge in [-0.3, -0.25) is 0 Å². The molecule has 0 saturated carbocycles. The summed E-state index contributed by atoms with van der Waals surface area (Å²) in [4.78, 5) is 22.2. The number of aliphatic carboxylic acids is 1. The second-order valence-corrected chi connectivity index (χ2v) is 4.49. The maximum atomic E-state index is 11.2. The van der Waals surface area contributed by atoms with Gasteiger partial charge >= 0.3 is 12.1 Å². The third-order valence-electron chi connectivity index (χ3n) is 2.92. The van der Waals surface area contributed by atoms with E-state index in [0.29, 0.717) is 6.42 Å².